The van der Waals surface area contributed by atoms with Crippen molar-refractivity contribution >= 4 is 16.8 Å². The van der Waals surface area contributed by atoms with Gasteiger partial charge >= 0.3 is 0 Å². The minimum atomic E-state index is -0.237. The lowest BCUT2D eigenvalue weighted by atomic mass is 10.1. The van der Waals surface area contributed by atoms with Crippen LogP contribution in [0.4, 0.5) is 0 Å². The Kier molecular flexibility index (Phi) is 5.08. The largest absolute Gasteiger partial charge is 0.345 e. The minimum Gasteiger partial charge on any atom is -0.345 e. The van der Waals surface area contributed by atoms with Crippen LogP contribution in [0.2, 0.25) is 0 Å². The Morgan fingerprint density at radius 3 is 2.61 bits per heavy atom. The first kappa shape index (κ1) is 19.2. The molecule has 0 bridgehead atoms. The van der Waals surface area contributed by atoms with Gasteiger partial charge in [-0.25, -0.2) is 4.98 Å². The van der Waals surface area contributed by atoms with E-state index in [1.165, 1.54) is 12.8 Å². The van der Waals surface area contributed by atoms with Crippen molar-refractivity contribution in [1.82, 2.24) is 25.1 Å². The average Bonchev–Trinajstić information content (AvgIpc) is 3.48. The minimum absolute atomic E-state index is 0.127. The van der Waals surface area contributed by atoms with E-state index in [2.05, 4.69) is 20.4 Å². The maximum atomic E-state index is 13.1. The molecule has 5 rings (SSSR count). The molecule has 0 aliphatic heterocycles. The fourth-order valence-electron chi connectivity index (χ4n) is 4.32. The van der Waals surface area contributed by atoms with E-state index in [1.807, 2.05) is 41.1 Å². The summed E-state index contributed by atoms with van der Waals surface area (Å²) in [5, 5.41) is 8.01. The van der Waals surface area contributed by atoms with E-state index in [4.69, 9.17) is 0 Å². The van der Waals surface area contributed by atoms with Gasteiger partial charge in [-0.05, 0) is 25.0 Å². The molecule has 7 nitrogen and oxygen atoms in total. The van der Waals surface area contributed by atoms with Crippen molar-refractivity contribution in [2.45, 2.75) is 38.3 Å². The zero-order chi connectivity index (χ0) is 21.2. The molecule has 2 heterocycles. The lowest BCUT2D eigenvalue weighted by Crippen LogP contribution is -2.26. The summed E-state index contributed by atoms with van der Waals surface area (Å²) >= 11 is 0. The number of fused-ring (bicyclic) bond motifs is 1. The number of carbonyl (C=O) groups is 1. The molecule has 0 saturated heterocycles. The first-order valence-electron chi connectivity index (χ1n) is 10.6. The molecule has 2 N–H and O–H groups in total. The van der Waals surface area contributed by atoms with Crippen molar-refractivity contribution < 1.29 is 4.79 Å². The van der Waals surface area contributed by atoms with E-state index in [-0.39, 0.29) is 18.0 Å². The fraction of sp³-hybridized carbons (Fsp3) is 0.250. The molecule has 7 heteroatoms. The van der Waals surface area contributed by atoms with E-state index < -0.39 is 0 Å². The molecular weight excluding hydrogens is 390 g/mol. The smallest absolute Gasteiger partial charge is 0.258 e. The highest BCUT2D eigenvalue weighted by atomic mass is 16.1. The molecule has 0 atom stereocenters. The first-order valence-corrected chi connectivity index (χ1v) is 10.6. The highest BCUT2D eigenvalue weighted by molar-refractivity contribution is 5.99. The van der Waals surface area contributed by atoms with Gasteiger partial charge < -0.3 is 10.3 Å². The van der Waals surface area contributed by atoms with Gasteiger partial charge in [0.1, 0.15) is 5.82 Å². The Morgan fingerprint density at radius 2 is 1.81 bits per heavy atom. The van der Waals surface area contributed by atoms with Gasteiger partial charge in [0.25, 0.3) is 11.5 Å². The Morgan fingerprint density at radius 1 is 1.06 bits per heavy atom. The van der Waals surface area contributed by atoms with Crippen molar-refractivity contribution in [3.63, 3.8) is 0 Å². The Hall–Kier alpha value is -3.74. The number of nitrogens with zero attached hydrogens (tertiary/aromatic N) is 3. The van der Waals surface area contributed by atoms with E-state index in [0.29, 0.717) is 28.3 Å². The molecule has 1 saturated carbocycles. The van der Waals surface area contributed by atoms with Gasteiger partial charge in [-0.2, -0.15) is 5.10 Å². The second-order valence-corrected chi connectivity index (χ2v) is 7.87. The monoisotopic (exact) mass is 413 g/mol. The number of rotatable bonds is 5. The third-order valence-electron chi connectivity index (χ3n) is 5.84. The summed E-state index contributed by atoms with van der Waals surface area (Å²) in [6.45, 7) is 0.127. The molecule has 2 aromatic carbocycles. The summed E-state index contributed by atoms with van der Waals surface area (Å²) in [6.07, 6.45) is 6.16. The van der Waals surface area contributed by atoms with Crippen LogP contribution in [0.15, 0.2) is 65.6 Å². The molecule has 0 radical (unpaired) electrons. The van der Waals surface area contributed by atoms with Gasteiger partial charge in [0, 0.05) is 5.56 Å². The Labute approximate surface area is 179 Å². The van der Waals surface area contributed by atoms with Crippen molar-refractivity contribution in [2.75, 3.05) is 0 Å². The van der Waals surface area contributed by atoms with Crippen LogP contribution in [0.25, 0.3) is 22.2 Å². The summed E-state index contributed by atoms with van der Waals surface area (Å²) in [6, 6.07) is 17.4. The number of aromatic amines is 1. The molecule has 156 valence electrons. The number of hydrogen-bond donors (Lipinski definition) is 2. The van der Waals surface area contributed by atoms with Crippen LogP contribution in [-0.2, 0) is 6.54 Å². The van der Waals surface area contributed by atoms with Crippen molar-refractivity contribution in [3.05, 3.63) is 82.5 Å². The standard InChI is InChI=1S/C24H23N5O2/c30-23(25-15-21-27-20-13-7-6-12-18(20)24(31)28-21)19-14-26-29(17-10-4-5-11-17)22(19)16-8-2-1-3-9-16/h1-3,6-9,12-14,17H,4-5,10-11,15H2,(H,25,30)(H,27,28,31). The van der Waals surface area contributed by atoms with Crippen LogP contribution in [0.3, 0.4) is 0 Å². The zero-order valence-corrected chi connectivity index (χ0v) is 17.0. The van der Waals surface area contributed by atoms with Gasteiger partial charge in [0.05, 0.1) is 40.9 Å². The van der Waals surface area contributed by atoms with Gasteiger partial charge in [0.15, 0.2) is 0 Å². The van der Waals surface area contributed by atoms with E-state index in [0.717, 1.165) is 24.1 Å². The van der Waals surface area contributed by atoms with Gasteiger partial charge in [-0.1, -0.05) is 55.3 Å². The zero-order valence-electron chi connectivity index (χ0n) is 17.0. The molecule has 1 aliphatic rings. The number of H-pyrrole nitrogens is 1. The molecule has 0 spiro atoms. The van der Waals surface area contributed by atoms with E-state index in [1.54, 1.807) is 24.4 Å². The van der Waals surface area contributed by atoms with Gasteiger partial charge in [0.2, 0.25) is 0 Å². The molecular formula is C24H23N5O2. The highest BCUT2D eigenvalue weighted by Gasteiger charge is 2.25. The van der Waals surface area contributed by atoms with E-state index >= 15 is 0 Å². The third kappa shape index (κ3) is 3.74. The molecule has 0 unspecified atom stereocenters. The van der Waals surface area contributed by atoms with Gasteiger partial charge in [-0.3, -0.25) is 14.3 Å². The van der Waals surface area contributed by atoms with Crippen LogP contribution in [0.1, 0.15) is 47.9 Å². The molecule has 1 fully saturated rings. The van der Waals surface area contributed by atoms with Crippen molar-refractivity contribution in [3.8, 4) is 11.3 Å². The first-order chi connectivity index (χ1) is 15.2. The van der Waals surface area contributed by atoms with Crippen LogP contribution in [-0.4, -0.2) is 25.7 Å². The van der Waals surface area contributed by atoms with Crippen LogP contribution in [0.5, 0.6) is 0 Å². The fourth-order valence-corrected chi connectivity index (χ4v) is 4.32. The molecule has 4 aromatic rings. The SMILES string of the molecule is O=C(NCc1nc2ccccc2c(=O)[nH]1)c1cnn(C2CCCC2)c1-c1ccccc1. The quantitative estimate of drug-likeness (QED) is 0.520. The highest BCUT2D eigenvalue weighted by Crippen LogP contribution is 2.34. The summed E-state index contributed by atoms with van der Waals surface area (Å²) < 4.78 is 2.01. The maximum Gasteiger partial charge on any atom is 0.258 e. The van der Waals surface area contributed by atoms with Crippen LogP contribution in [0, 0.1) is 0 Å². The summed E-state index contributed by atoms with van der Waals surface area (Å²) in [7, 11) is 0. The number of amides is 1. The van der Waals surface area contributed by atoms with Crippen LogP contribution >= 0.6 is 0 Å². The summed E-state index contributed by atoms with van der Waals surface area (Å²) in [4.78, 5) is 32.6. The molecule has 31 heavy (non-hydrogen) atoms. The maximum absolute atomic E-state index is 13.1. The van der Waals surface area contributed by atoms with Crippen LogP contribution < -0.4 is 10.9 Å². The topological polar surface area (TPSA) is 92.7 Å². The van der Waals surface area contributed by atoms with Crippen molar-refractivity contribution in [1.29, 1.82) is 0 Å². The van der Waals surface area contributed by atoms with Crippen molar-refractivity contribution in [2.24, 2.45) is 0 Å². The normalized spacial score (nSPS) is 14.2. The Balaban J connectivity index is 1.44. The lowest BCUT2D eigenvalue weighted by Gasteiger charge is -2.15. The predicted molar refractivity (Wildman–Crippen MR) is 119 cm³/mol. The molecule has 1 aliphatic carbocycles. The lowest BCUT2D eigenvalue weighted by molar-refractivity contribution is 0.0950. The second kappa shape index (κ2) is 8.18. The third-order valence-corrected chi connectivity index (χ3v) is 5.84. The Bertz CT molecular complexity index is 1290. The molecule has 2 aromatic heterocycles. The number of hydrogen-bond acceptors (Lipinski definition) is 4. The molecule has 1 amide bonds. The second-order valence-electron chi connectivity index (χ2n) is 7.87. The van der Waals surface area contributed by atoms with Gasteiger partial charge in [-0.15, -0.1) is 0 Å². The summed E-state index contributed by atoms with van der Waals surface area (Å²) in [5.74, 6) is 0.181. The summed E-state index contributed by atoms with van der Waals surface area (Å²) in [5.41, 5.74) is 2.73. The van der Waals surface area contributed by atoms with E-state index in [9.17, 15) is 9.59 Å². The number of nitrogens with one attached hydrogen (secondary N) is 2. The average molecular weight is 413 g/mol. The number of aromatic nitrogens is 4. The number of benzene rings is 2. The number of carbonyl (C=O) groups excluding carboxylic acids is 1. The number of para-hydroxylation sites is 1. The predicted octanol–water partition coefficient (Wildman–Crippen LogP) is 3.83.